The van der Waals surface area contributed by atoms with E-state index in [4.69, 9.17) is 14.2 Å². The van der Waals surface area contributed by atoms with Crippen LogP contribution in [0.3, 0.4) is 0 Å². The molecule has 12 nitrogen and oxygen atoms in total. The van der Waals surface area contributed by atoms with Gasteiger partial charge in [0.2, 0.25) is 0 Å². The molecule has 3 N–H and O–H groups in total. The Labute approximate surface area is 259 Å². The van der Waals surface area contributed by atoms with E-state index < -0.39 is 40.5 Å². The van der Waals surface area contributed by atoms with Crippen LogP contribution in [0.1, 0.15) is 38.3 Å². The molecule has 2 aromatic carbocycles. The van der Waals surface area contributed by atoms with Crippen molar-refractivity contribution in [2.45, 2.75) is 44.9 Å². The number of benzene rings is 2. The third kappa shape index (κ3) is 5.53. The number of Topliss-reactive ketones (excluding diaryl/α,β-unsaturated/α-hetero) is 2. The first-order valence-electron chi connectivity index (χ1n) is 14.2. The number of allylic oxidation sites excluding steroid dienone is 2. The molecule has 2 aliphatic rings. The molecule has 3 heterocycles. The van der Waals surface area contributed by atoms with Crippen molar-refractivity contribution < 1.29 is 43.6 Å². The summed E-state index contributed by atoms with van der Waals surface area (Å²) in [6.07, 6.45) is 1.69. The van der Waals surface area contributed by atoms with E-state index in [0.29, 0.717) is 39.2 Å². The minimum Gasteiger partial charge on any atom is -0.497 e. The molecule has 2 aliphatic heterocycles. The number of amides is 1. The van der Waals surface area contributed by atoms with Crippen LogP contribution in [-0.2, 0) is 25.5 Å². The van der Waals surface area contributed by atoms with Crippen molar-refractivity contribution in [2.24, 2.45) is 0 Å². The molecule has 1 aromatic heterocycles. The van der Waals surface area contributed by atoms with Crippen molar-refractivity contribution in [3.05, 3.63) is 70.9 Å². The molecule has 5 rings (SSSR count). The fourth-order valence-corrected chi connectivity index (χ4v) is 5.65. The SMILES string of the molecule is COc1ccc(CC(=O)C2=CC3=C(c4cc5cc[nH]c5cc4N(C(=O)OC(C)(C)C)CCC3=O)N(C)C2(O)C(=O)O)c(OC)c1. The Bertz CT molecular complexity index is 1800. The average molecular weight is 618 g/mol. The van der Waals surface area contributed by atoms with Crippen LogP contribution in [0.25, 0.3) is 16.6 Å². The van der Waals surface area contributed by atoms with E-state index in [2.05, 4.69) is 4.98 Å². The number of aromatic amines is 1. The van der Waals surface area contributed by atoms with Crippen LogP contribution in [0.15, 0.2) is 59.8 Å². The highest BCUT2D eigenvalue weighted by molar-refractivity contribution is 6.15. The van der Waals surface area contributed by atoms with Crippen molar-refractivity contribution in [1.82, 2.24) is 9.88 Å². The first kappa shape index (κ1) is 31.3. The Morgan fingerprint density at radius 2 is 1.80 bits per heavy atom. The number of carbonyl (C=O) groups excluding carboxylic acids is 3. The van der Waals surface area contributed by atoms with E-state index in [-0.39, 0.29) is 30.7 Å². The van der Waals surface area contributed by atoms with Gasteiger partial charge < -0.3 is 34.3 Å². The predicted octanol–water partition coefficient (Wildman–Crippen LogP) is 4.07. The number of H-pyrrole nitrogens is 1. The summed E-state index contributed by atoms with van der Waals surface area (Å²) in [5.41, 5.74) is -2.35. The molecule has 236 valence electrons. The fraction of sp³-hybridized carbons (Fsp3) is 0.333. The molecule has 3 aromatic rings. The molecule has 1 unspecified atom stereocenters. The summed E-state index contributed by atoms with van der Waals surface area (Å²) in [6, 6.07) is 10.0. The monoisotopic (exact) mass is 617 g/mol. The van der Waals surface area contributed by atoms with E-state index >= 15 is 0 Å². The summed E-state index contributed by atoms with van der Waals surface area (Å²) in [5, 5.41) is 23.0. The van der Waals surface area contributed by atoms with Gasteiger partial charge in [-0.3, -0.25) is 14.5 Å². The van der Waals surface area contributed by atoms with E-state index in [1.165, 1.54) is 32.2 Å². The third-order valence-electron chi connectivity index (χ3n) is 7.88. The van der Waals surface area contributed by atoms with Crippen LogP contribution in [0.2, 0.25) is 0 Å². The van der Waals surface area contributed by atoms with Crippen molar-refractivity contribution in [2.75, 3.05) is 32.7 Å². The van der Waals surface area contributed by atoms with Crippen LogP contribution >= 0.6 is 0 Å². The lowest BCUT2D eigenvalue weighted by Crippen LogP contribution is -2.57. The summed E-state index contributed by atoms with van der Waals surface area (Å²) in [4.78, 5) is 59.4. The lowest BCUT2D eigenvalue weighted by atomic mass is 9.83. The van der Waals surface area contributed by atoms with Gasteiger partial charge in [0.05, 0.1) is 31.2 Å². The number of ketones is 2. The number of carbonyl (C=O) groups is 4. The zero-order valence-electron chi connectivity index (χ0n) is 25.9. The second-order valence-electron chi connectivity index (χ2n) is 11.9. The Morgan fingerprint density at radius 1 is 1.07 bits per heavy atom. The lowest BCUT2D eigenvalue weighted by Gasteiger charge is -2.43. The number of ether oxygens (including phenoxy) is 3. The van der Waals surface area contributed by atoms with Gasteiger partial charge in [-0.1, -0.05) is 6.07 Å². The number of aliphatic hydroxyl groups is 1. The number of carboxylic acids is 1. The number of aliphatic carboxylic acids is 1. The van der Waals surface area contributed by atoms with E-state index in [1.54, 1.807) is 63.4 Å². The number of hydrogen-bond donors (Lipinski definition) is 3. The number of fused-ring (bicyclic) bond motifs is 3. The van der Waals surface area contributed by atoms with Gasteiger partial charge in [0.25, 0.3) is 5.72 Å². The normalized spacial score (nSPS) is 18.5. The van der Waals surface area contributed by atoms with Crippen molar-refractivity contribution >= 4 is 45.9 Å². The molecule has 0 saturated heterocycles. The highest BCUT2D eigenvalue weighted by Crippen LogP contribution is 2.44. The number of nitrogens with zero attached hydrogens (tertiary/aromatic N) is 2. The minimum atomic E-state index is -2.86. The molecule has 0 aliphatic carbocycles. The molecular weight excluding hydrogens is 582 g/mol. The number of methoxy groups -OCH3 is 2. The largest absolute Gasteiger partial charge is 0.497 e. The van der Waals surface area contributed by atoms with Gasteiger partial charge in [0.1, 0.15) is 17.1 Å². The number of likely N-dealkylation sites (N-methyl/N-ethyl adjacent to an activating group) is 1. The molecule has 1 atom stereocenters. The van der Waals surface area contributed by atoms with Gasteiger partial charge in [-0.2, -0.15) is 0 Å². The average Bonchev–Trinajstić information content (AvgIpc) is 3.44. The Hall–Kier alpha value is -5.10. The number of hydrogen-bond acceptors (Lipinski definition) is 9. The summed E-state index contributed by atoms with van der Waals surface area (Å²) in [7, 11) is 4.21. The highest BCUT2D eigenvalue weighted by atomic mass is 16.6. The molecule has 0 saturated carbocycles. The van der Waals surface area contributed by atoms with Crippen LogP contribution in [0, 0.1) is 0 Å². The molecule has 45 heavy (non-hydrogen) atoms. The molecule has 0 spiro atoms. The molecule has 0 bridgehead atoms. The summed E-state index contributed by atoms with van der Waals surface area (Å²) < 4.78 is 16.3. The maximum absolute atomic E-state index is 13.8. The Kier molecular flexibility index (Phi) is 7.96. The first-order valence-corrected chi connectivity index (χ1v) is 14.2. The Morgan fingerprint density at radius 3 is 2.44 bits per heavy atom. The second kappa shape index (κ2) is 11.4. The van der Waals surface area contributed by atoms with Gasteiger partial charge in [0.15, 0.2) is 11.6 Å². The van der Waals surface area contributed by atoms with Gasteiger partial charge >= 0.3 is 12.1 Å². The standard InChI is InChI=1S/C33H35N3O9/c1-32(2,3)45-31(41)36-12-10-26(37)22-16-23(27(38)14-19-7-8-20(43-5)15-28(19)44-6)33(42,30(39)40)35(4)29(22)21-13-18-9-11-34-24(18)17-25(21)36/h7-9,11,13,15-17,34,42H,10,12,14H2,1-6H3,(H,39,40). The van der Waals surface area contributed by atoms with Crippen molar-refractivity contribution in [3.8, 4) is 11.5 Å². The van der Waals surface area contributed by atoms with Crippen molar-refractivity contribution in [1.29, 1.82) is 0 Å². The maximum atomic E-state index is 13.8. The molecule has 12 heteroatoms. The van der Waals surface area contributed by atoms with Crippen LogP contribution in [0.4, 0.5) is 10.5 Å². The summed E-state index contributed by atoms with van der Waals surface area (Å²) >= 11 is 0. The number of anilines is 1. The van der Waals surface area contributed by atoms with E-state index in [9.17, 15) is 29.4 Å². The number of aromatic nitrogens is 1. The van der Waals surface area contributed by atoms with Crippen molar-refractivity contribution in [3.63, 3.8) is 0 Å². The lowest BCUT2D eigenvalue weighted by molar-refractivity contribution is -0.168. The minimum absolute atomic E-state index is 0.0356. The van der Waals surface area contributed by atoms with Crippen LogP contribution < -0.4 is 14.4 Å². The predicted molar refractivity (Wildman–Crippen MR) is 165 cm³/mol. The van der Waals surface area contributed by atoms with Gasteiger partial charge in [-0.25, -0.2) is 9.59 Å². The summed E-state index contributed by atoms with van der Waals surface area (Å²) in [5.74, 6) is -2.08. The number of rotatable bonds is 6. The zero-order chi connectivity index (χ0) is 32.8. The van der Waals surface area contributed by atoms with Gasteiger partial charge in [0, 0.05) is 66.3 Å². The first-order chi connectivity index (χ1) is 21.2. The molecule has 0 radical (unpaired) electrons. The van der Waals surface area contributed by atoms with Gasteiger partial charge in [-0.15, -0.1) is 0 Å². The van der Waals surface area contributed by atoms with E-state index in [0.717, 1.165) is 4.90 Å². The number of carboxylic acid groups (broad SMARTS) is 1. The van der Waals surface area contributed by atoms with Crippen LogP contribution in [0.5, 0.6) is 11.5 Å². The Balaban J connectivity index is 1.72. The smallest absolute Gasteiger partial charge is 0.414 e. The number of nitrogens with one attached hydrogen (secondary N) is 1. The third-order valence-corrected chi connectivity index (χ3v) is 7.88. The fourth-order valence-electron chi connectivity index (χ4n) is 5.65. The molecular formula is C33H35N3O9. The topological polar surface area (TPSA) is 159 Å². The van der Waals surface area contributed by atoms with Crippen LogP contribution in [-0.4, -0.2) is 82.9 Å². The zero-order valence-corrected chi connectivity index (χ0v) is 25.9. The molecule has 0 fully saturated rings. The van der Waals surface area contributed by atoms with Gasteiger partial charge in [-0.05, 0) is 51.1 Å². The second-order valence-corrected chi connectivity index (χ2v) is 11.9. The summed E-state index contributed by atoms with van der Waals surface area (Å²) in [6.45, 7) is 5.13. The maximum Gasteiger partial charge on any atom is 0.414 e. The molecule has 1 amide bonds. The quantitative estimate of drug-likeness (QED) is 0.368. The highest BCUT2D eigenvalue weighted by Gasteiger charge is 2.52. The van der Waals surface area contributed by atoms with E-state index in [1.807, 2.05) is 0 Å².